The number of nitrogens with one attached hydrogen (secondary N) is 1. The minimum atomic E-state index is -0.756. The van der Waals surface area contributed by atoms with Crippen LogP contribution < -0.4 is 5.32 Å². The fourth-order valence-corrected chi connectivity index (χ4v) is 2.52. The fraction of sp³-hybridized carbons (Fsp3) is 0.462. The van der Waals surface area contributed by atoms with Gasteiger partial charge in [-0.25, -0.2) is 0 Å². The van der Waals surface area contributed by atoms with Crippen LogP contribution in [0.5, 0.6) is 0 Å². The van der Waals surface area contributed by atoms with E-state index in [2.05, 4.69) is 5.32 Å². The van der Waals surface area contributed by atoms with Gasteiger partial charge in [0.2, 0.25) is 11.5 Å². The maximum Gasteiger partial charge on any atom is 0.217 e. The van der Waals surface area contributed by atoms with Gasteiger partial charge in [0, 0.05) is 24.3 Å². The number of carbonyl (C=O) groups excluding carboxylic acids is 1. The van der Waals surface area contributed by atoms with Gasteiger partial charge in [0.05, 0.1) is 0 Å². The number of aryl methyl sites for hydroxylation is 1. The summed E-state index contributed by atoms with van der Waals surface area (Å²) in [5.41, 5.74) is 2.10. The molecule has 0 aromatic heterocycles. The Labute approximate surface area is 94.8 Å². The first-order chi connectivity index (χ1) is 7.71. The lowest BCUT2D eigenvalue weighted by atomic mass is 9.97. The number of hydrogen-bond donors (Lipinski definition) is 1. The molecule has 16 heavy (non-hydrogen) atoms. The van der Waals surface area contributed by atoms with Gasteiger partial charge in [-0.05, 0) is 37.5 Å². The Balaban J connectivity index is 2.02. The number of carbonyl (C=O) groups is 1. The maximum atomic E-state index is 12.3. The molecule has 84 valence electrons. The molecule has 2 aliphatic heterocycles. The van der Waals surface area contributed by atoms with Crippen LogP contribution >= 0.6 is 0 Å². The molecule has 0 radical (unpaired) electrons. The van der Waals surface area contributed by atoms with Crippen molar-refractivity contribution in [2.45, 2.75) is 31.9 Å². The first kappa shape index (κ1) is 9.85. The molecule has 3 rings (SSSR count). The number of ether oxygens (including phenoxy) is 1. The first-order valence-electron chi connectivity index (χ1n) is 5.79. The molecule has 0 bridgehead atoms. The summed E-state index contributed by atoms with van der Waals surface area (Å²) in [6.07, 6.45) is 2.87. The largest absolute Gasteiger partial charge is 0.350 e. The first-order valence-corrected chi connectivity index (χ1v) is 5.79. The van der Waals surface area contributed by atoms with E-state index in [0.717, 1.165) is 36.1 Å². The van der Waals surface area contributed by atoms with Gasteiger partial charge in [-0.1, -0.05) is 6.07 Å². The Morgan fingerprint density at radius 2 is 2.25 bits per heavy atom. The second-order valence-corrected chi connectivity index (χ2v) is 4.64. The third kappa shape index (κ3) is 1.28. The second kappa shape index (κ2) is 3.32. The van der Waals surface area contributed by atoms with Crippen LogP contribution in [0.15, 0.2) is 18.2 Å². The molecule has 0 aliphatic carbocycles. The van der Waals surface area contributed by atoms with Crippen LogP contribution in [0.1, 0.15) is 35.2 Å². The number of ketones is 1. The van der Waals surface area contributed by atoms with Crippen molar-refractivity contribution in [2.24, 2.45) is 0 Å². The second-order valence-electron chi connectivity index (χ2n) is 4.64. The summed E-state index contributed by atoms with van der Waals surface area (Å²) < 4.78 is 5.70. The van der Waals surface area contributed by atoms with Crippen molar-refractivity contribution in [2.75, 3.05) is 11.9 Å². The van der Waals surface area contributed by atoms with Crippen molar-refractivity contribution >= 4 is 11.5 Å². The van der Waals surface area contributed by atoms with Gasteiger partial charge in [-0.2, -0.15) is 0 Å². The molecule has 1 fully saturated rings. The minimum absolute atomic E-state index is 0.0993. The molecular formula is C13H15NO2. The van der Waals surface area contributed by atoms with E-state index in [4.69, 9.17) is 4.74 Å². The predicted molar refractivity (Wildman–Crippen MR) is 61.7 cm³/mol. The highest BCUT2D eigenvalue weighted by Crippen LogP contribution is 2.38. The van der Waals surface area contributed by atoms with Crippen LogP contribution in [-0.2, 0) is 4.74 Å². The topological polar surface area (TPSA) is 38.3 Å². The van der Waals surface area contributed by atoms with Gasteiger partial charge >= 0.3 is 0 Å². The van der Waals surface area contributed by atoms with Crippen LogP contribution in [0.3, 0.4) is 0 Å². The molecule has 2 heterocycles. The summed E-state index contributed by atoms with van der Waals surface area (Å²) in [5.74, 6) is 0.0993. The maximum absolute atomic E-state index is 12.3. The number of benzene rings is 1. The monoisotopic (exact) mass is 217 g/mol. The molecule has 2 aliphatic rings. The summed E-state index contributed by atoms with van der Waals surface area (Å²) in [7, 11) is 0. The molecule has 1 N–H and O–H groups in total. The summed E-state index contributed by atoms with van der Waals surface area (Å²) in [5, 5.41) is 3.27. The normalized spacial score (nSPS) is 27.9. The molecule has 1 saturated heterocycles. The summed E-state index contributed by atoms with van der Waals surface area (Å²) >= 11 is 0. The van der Waals surface area contributed by atoms with Crippen LogP contribution in [0.2, 0.25) is 0 Å². The molecule has 3 nitrogen and oxygen atoms in total. The van der Waals surface area contributed by atoms with Crippen molar-refractivity contribution in [3.63, 3.8) is 0 Å². The number of fused-ring (bicyclic) bond motifs is 1. The molecule has 1 spiro atoms. The van der Waals surface area contributed by atoms with E-state index < -0.39 is 5.72 Å². The number of hydrogen-bond acceptors (Lipinski definition) is 3. The average Bonchev–Trinajstić information content (AvgIpc) is 2.53. The van der Waals surface area contributed by atoms with E-state index >= 15 is 0 Å². The van der Waals surface area contributed by atoms with Crippen molar-refractivity contribution in [1.29, 1.82) is 0 Å². The molecule has 1 atom stereocenters. The van der Waals surface area contributed by atoms with E-state index in [1.807, 2.05) is 25.1 Å². The van der Waals surface area contributed by atoms with Gasteiger partial charge in [-0.3, -0.25) is 4.79 Å². The smallest absolute Gasteiger partial charge is 0.217 e. The van der Waals surface area contributed by atoms with Crippen LogP contribution in [0.4, 0.5) is 5.69 Å². The van der Waals surface area contributed by atoms with Crippen molar-refractivity contribution < 1.29 is 9.53 Å². The molecule has 3 heteroatoms. The Morgan fingerprint density at radius 1 is 1.38 bits per heavy atom. The highest BCUT2D eigenvalue weighted by atomic mass is 16.5. The number of rotatable bonds is 0. The third-order valence-electron chi connectivity index (χ3n) is 3.39. The Bertz CT molecular complexity index is 447. The van der Waals surface area contributed by atoms with Crippen LogP contribution in [0.25, 0.3) is 0 Å². The lowest BCUT2D eigenvalue weighted by Gasteiger charge is -2.32. The number of anilines is 1. The third-order valence-corrected chi connectivity index (χ3v) is 3.39. The molecule has 0 unspecified atom stereocenters. The summed E-state index contributed by atoms with van der Waals surface area (Å²) in [4.78, 5) is 12.3. The molecular weight excluding hydrogens is 202 g/mol. The zero-order valence-corrected chi connectivity index (χ0v) is 9.38. The van der Waals surface area contributed by atoms with Gasteiger partial charge in [0.15, 0.2) is 0 Å². The van der Waals surface area contributed by atoms with Gasteiger partial charge < -0.3 is 10.1 Å². The van der Waals surface area contributed by atoms with Crippen molar-refractivity contribution in [3.8, 4) is 0 Å². The SMILES string of the molecule is Cc1ccc2c(c1)N[C@]1(CCCCO1)C2=O. The van der Waals surface area contributed by atoms with Crippen molar-refractivity contribution in [1.82, 2.24) is 0 Å². The van der Waals surface area contributed by atoms with E-state index in [0.29, 0.717) is 6.61 Å². The summed E-state index contributed by atoms with van der Waals surface area (Å²) in [6, 6.07) is 5.88. The zero-order valence-electron chi connectivity index (χ0n) is 9.38. The van der Waals surface area contributed by atoms with E-state index in [9.17, 15) is 4.79 Å². The van der Waals surface area contributed by atoms with E-state index in [-0.39, 0.29) is 5.78 Å². The standard InChI is InChI=1S/C13H15NO2/c1-9-4-5-10-11(8-9)14-13(12(10)15)6-2-3-7-16-13/h4-5,8,14H,2-3,6-7H2,1H3/t13-/m0/s1. The van der Waals surface area contributed by atoms with Gasteiger partial charge in [0.25, 0.3) is 0 Å². The van der Waals surface area contributed by atoms with Crippen LogP contribution in [-0.4, -0.2) is 18.1 Å². The van der Waals surface area contributed by atoms with Gasteiger partial charge in [0.1, 0.15) is 0 Å². The number of Topliss-reactive ketones (excluding diaryl/α,β-unsaturated/α-hetero) is 1. The highest BCUT2D eigenvalue weighted by molar-refractivity contribution is 6.12. The fourth-order valence-electron chi connectivity index (χ4n) is 2.52. The highest BCUT2D eigenvalue weighted by Gasteiger charge is 2.47. The minimum Gasteiger partial charge on any atom is -0.350 e. The van der Waals surface area contributed by atoms with E-state index in [1.54, 1.807) is 0 Å². The van der Waals surface area contributed by atoms with Crippen molar-refractivity contribution in [3.05, 3.63) is 29.3 Å². The Morgan fingerprint density at radius 3 is 3.00 bits per heavy atom. The quantitative estimate of drug-likeness (QED) is 0.725. The van der Waals surface area contributed by atoms with E-state index in [1.165, 1.54) is 0 Å². The van der Waals surface area contributed by atoms with Crippen LogP contribution in [0, 0.1) is 6.92 Å². The predicted octanol–water partition coefficient (Wildman–Crippen LogP) is 2.50. The Hall–Kier alpha value is -1.35. The molecule has 1 aromatic carbocycles. The summed E-state index contributed by atoms with van der Waals surface area (Å²) in [6.45, 7) is 2.70. The molecule has 0 amide bonds. The van der Waals surface area contributed by atoms with Gasteiger partial charge in [-0.15, -0.1) is 0 Å². The lowest BCUT2D eigenvalue weighted by Crippen LogP contribution is -2.46. The zero-order chi connectivity index (χ0) is 11.2. The molecule has 1 aromatic rings. The Kier molecular flexibility index (Phi) is 2.04. The average molecular weight is 217 g/mol. The lowest BCUT2D eigenvalue weighted by molar-refractivity contribution is -0.0337. The molecule has 0 saturated carbocycles.